The summed E-state index contributed by atoms with van der Waals surface area (Å²) in [5, 5.41) is 8.88. The number of hydrogen-bond acceptors (Lipinski definition) is 2. The summed E-state index contributed by atoms with van der Waals surface area (Å²) in [6, 6.07) is 12.7. The van der Waals surface area contributed by atoms with Gasteiger partial charge in [-0.15, -0.1) is 0 Å². The maximum absolute atomic E-state index is 10.8. The molecule has 0 unspecified atom stereocenters. The molecule has 0 saturated carbocycles. The Morgan fingerprint density at radius 2 is 2.00 bits per heavy atom. The molecule has 0 radical (unpaired) electrons. The van der Waals surface area contributed by atoms with Gasteiger partial charge in [-0.05, 0) is 52.2 Å². The van der Waals surface area contributed by atoms with Crippen LogP contribution in [0.3, 0.4) is 0 Å². The molecule has 0 bridgehead atoms. The highest BCUT2D eigenvalue weighted by Gasteiger charge is 2.08. The monoisotopic (exact) mass is 320 g/mol. The maximum atomic E-state index is 10.8. The van der Waals surface area contributed by atoms with Crippen molar-refractivity contribution in [3.63, 3.8) is 0 Å². The molecule has 3 nitrogen and oxygen atoms in total. The van der Waals surface area contributed by atoms with E-state index in [1.165, 1.54) is 17.7 Å². The highest BCUT2D eigenvalue weighted by atomic mass is 79.9. The molecule has 2 aromatic rings. The van der Waals surface area contributed by atoms with Gasteiger partial charge in [0.1, 0.15) is 12.4 Å². The molecule has 19 heavy (non-hydrogen) atoms. The number of carbonyl (C=O) groups is 1. The van der Waals surface area contributed by atoms with Gasteiger partial charge >= 0.3 is 5.97 Å². The van der Waals surface area contributed by atoms with Crippen molar-refractivity contribution in [1.29, 1.82) is 0 Å². The zero-order valence-corrected chi connectivity index (χ0v) is 12.0. The van der Waals surface area contributed by atoms with E-state index in [-0.39, 0.29) is 5.56 Å². The van der Waals surface area contributed by atoms with Crippen LogP contribution in [0.1, 0.15) is 21.5 Å². The van der Waals surface area contributed by atoms with Crippen molar-refractivity contribution in [3.05, 3.63) is 63.6 Å². The Hall–Kier alpha value is -1.81. The third-order valence-corrected chi connectivity index (χ3v) is 3.44. The smallest absolute Gasteiger partial charge is 0.335 e. The van der Waals surface area contributed by atoms with E-state index in [1.54, 1.807) is 6.07 Å². The van der Waals surface area contributed by atoms with Crippen molar-refractivity contribution in [3.8, 4) is 5.75 Å². The van der Waals surface area contributed by atoms with Crippen LogP contribution in [0.15, 0.2) is 46.9 Å². The van der Waals surface area contributed by atoms with E-state index in [2.05, 4.69) is 15.9 Å². The molecule has 0 amide bonds. The predicted molar refractivity (Wildman–Crippen MR) is 76.6 cm³/mol. The lowest BCUT2D eigenvalue weighted by Crippen LogP contribution is -2.00. The van der Waals surface area contributed by atoms with Gasteiger partial charge in [0, 0.05) is 0 Å². The number of carboxylic acid groups (broad SMARTS) is 1. The lowest BCUT2D eigenvalue weighted by molar-refractivity contribution is 0.0696. The minimum absolute atomic E-state index is 0.232. The number of hydrogen-bond donors (Lipinski definition) is 1. The largest absolute Gasteiger partial charge is 0.488 e. The first kappa shape index (κ1) is 13.6. The minimum atomic E-state index is -0.953. The fourth-order valence-electron chi connectivity index (χ4n) is 1.68. The maximum Gasteiger partial charge on any atom is 0.335 e. The molecule has 1 N–H and O–H groups in total. The first-order valence-electron chi connectivity index (χ1n) is 5.78. The summed E-state index contributed by atoms with van der Waals surface area (Å²) in [5.41, 5.74) is 2.51. The number of benzene rings is 2. The quantitative estimate of drug-likeness (QED) is 0.924. The molecule has 2 aromatic carbocycles. The fourth-order valence-corrected chi connectivity index (χ4v) is 2.17. The predicted octanol–water partition coefficient (Wildman–Crippen LogP) is 4.03. The van der Waals surface area contributed by atoms with Gasteiger partial charge in [-0.2, -0.15) is 0 Å². The summed E-state index contributed by atoms with van der Waals surface area (Å²) >= 11 is 3.32. The minimum Gasteiger partial charge on any atom is -0.488 e. The number of carboxylic acids is 1. The highest BCUT2D eigenvalue weighted by molar-refractivity contribution is 9.10. The summed E-state index contributed by atoms with van der Waals surface area (Å²) in [6.45, 7) is 2.49. The van der Waals surface area contributed by atoms with Gasteiger partial charge in [0.05, 0.1) is 10.0 Å². The van der Waals surface area contributed by atoms with Crippen LogP contribution >= 0.6 is 15.9 Å². The Kier molecular flexibility index (Phi) is 4.22. The van der Waals surface area contributed by atoms with Crippen LogP contribution in [0.2, 0.25) is 0 Å². The second-order valence-corrected chi connectivity index (χ2v) is 5.02. The van der Waals surface area contributed by atoms with Crippen molar-refractivity contribution in [1.82, 2.24) is 0 Å². The zero-order chi connectivity index (χ0) is 13.8. The average molecular weight is 321 g/mol. The molecule has 0 aromatic heterocycles. The van der Waals surface area contributed by atoms with E-state index in [1.807, 2.05) is 31.2 Å². The van der Waals surface area contributed by atoms with Gasteiger partial charge < -0.3 is 9.84 Å². The summed E-state index contributed by atoms with van der Waals surface area (Å²) in [5.74, 6) is -0.320. The lowest BCUT2D eigenvalue weighted by Gasteiger charge is -2.10. The highest BCUT2D eigenvalue weighted by Crippen LogP contribution is 2.27. The number of aryl methyl sites for hydroxylation is 1. The van der Waals surface area contributed by atoms with Gasteiger partial charge in [0.2, 0.25) is 0 Å². The number of halogens is 1. The van der Waals surface area contributed by atoms with Crippen LogP contribution in [-0.4, -0.2) is 11.1 Å². The molecule has 0 atom stereocenters. The van der Waals surface area contributed by atoms with Crippen LogP contribution in [0, 0.1) is 6.92 Å². The van der Waals surface area contributed by atoms with Crippen molar-refractivity contribution >= 4 is 21.9 Å². The van der Waals surface area contributed by atoms with E-state index < -0.39 is 5.97 Å². The molecule has 0 heterocycles. The molecule has 0 aliphatic heterocycles. The third kappa shape index (κ3) is 3.35. The molecule has 0 saturated heterocycles. The van der Waals surface area contributed by atoms with Gasteiger partial charge in [-0.25, -0.2) is 4.79 Å². The van der Waals surface area contributed by atoms with Crippen LogP contribution in [0.4, 0.5) is 0 Å². The third-order valence-electron chi connectivity index (χ3n) is 2.82. The van der Waals surface area contributed by atoms with Gasteiger partial charge in [-0.3, -0.25) is 0 Å². The normalized spacial score (nSPS) is 10.2. The van der Waals surface area contributed by atoms with Crippen LogP contribution in [0.25, 0.3) is 0 Å². The molecule has 4 heteroatoms. The molecule has 0 aliphatic rings. The Labute approximate surface area is 120 Å². The Bertz CT molecular complexity index is 608. The molecule has 0 spiro atoms. The summed E-state index contributed by atoms with van der Waals surface area (Å²) in [7, 11) is 0. The molecule has 0 aliphatic carbocycles. The van der Waals surface area contributed by atoms with Crippen molar-refractivity contribution in [2.75, 3.05) is 0 Å². The van der Waals surface area contributed by atoms with E-state index in [9.17, 15) is 4.79 Å². The van der Waals surface area contributed by atoms with E-state index in [4.69, 9.17) is 9.84 Å². The summed E-state index contributed by atoms with van der Waals surface area (Å²) < 4.78 is 6.34. The Morgan fingerprint density at radius 1 is 1.26 bits per heavy atom. The SMILES string of the molecule is Cc1ccccc1COc1ccc(C(=O)O)cc1Br. The summed E-state index contributed by atoms with van der Waals surface area (Å²) in [6.07, 6.45) is 0. The number of aromatic carboxylic acids is 1. The molecular formula is C15H13BrO3. The van der Waals surface area contributed by atoms with Crippen molar-refractivity contribution in [2.24, 2.45) is 0 Å². The Morgan fingerprint density at radius 3 is 2.63 bits per heavy atom. The first-order chi connectivity index (χ1) is 9.08. The van der Waals surface area contributed by atoms with Crippen molar-refractivity contribution in [2.45, 2.75) is 13.5 Å². The van der Waals surface area contributed by atoms with Crippen molar-refractivity contribution < 1.29 is 14.6 Å². The topological polar surface area (TPSA) is 46.5 Å². The van der Waals surface area contributed by atoms with E-state index in [0.717, 1.165) is 5.56 Å². The van der Waals surface area contributed by atoms with Gasteiger partial charge in [0.25, 0.3) is 0 Å². The fraction of sp³-hybridized carbons (Fsp3) is 0.133. The lowest BCUT2D eigenvalue weighted by atomic mass is 10.1. The van der Waals surface area contributed by atoms with E-state index in [0.29, 0.717) is 16.8 Å². The van der Waals surface area contributed by atoms with Gasteiger partial charge in [0.15, 0.2) is 0 Å². The van der Waals surface area contributed by atoms with Crippen LogP contribution in [0.5, 0.6) is 5.75 Å². The molecule has 0 fully saturated rings. The number of ether oxygens (including phenoxy) is 1. The zero-order valence-electron chi connectivity index (χ0n) is 10.4. The average Bonchev–Trinajstić information content (AvgIpc) is 2.39. The summed E-state index contributed by atoms with van der Waals surface area (Å²) in [4.78, 5) is 10.8. The van der Waals surface area contributed by atoms with Gasteiger partial charge in [-0.1, -0.05) is 24.3 Å². The first-order valence-corrected chi connectivity index (χ1v) is 6.57. The standard InChI is InChI=1S/C15H13BrO3/c1-10-4-2-3-5-12(10)9-19-14-7-6-11(15(17)18)8-13(14)16/h2-8H,9H2,1H3,(H,17,18). The van der Waals surface area contributed by atoms with Crippen LogP contribution < -0.4 is 4.74 Å². The van der Waals surface area contributed by atoms with Crippen LogP contribution in [-0.2, 0) is 6.61 Å². The number of rotatable bonds is 4. The second-order valence-electron chi connectivity index (χ2n) is 4.17. The molecule has 2 rings (SSSR count). The second kappa shape index (κ2) is 5.89. The molecular weight excluding hydrogens is 308 g/mol. The molecule has 98 valence electrons. The van der Waals surface area contributed by atoms with E-state index >= 15 is 0 Å². The Balaban J connectivity index is 2.12.